The number of benzene rings is 3. The van der Waals surface area contributed by atoms with Gasteiger partial charge in [0.2, 0.25) is 0 Å². The molecule has 1 fully saturated rings. The molecule has 0 aliphatic carbocycles. The number of aromatic carboxylic acids is 1. The summed E-state index contributed by atoms with van der Waals surface area (Å²) in [4.78, 5) is 22.0. The fraction of sp³-hybridized carbons (Fsp3) is 0.167. The first-order valence-corrected chi connectivity index (χ1v) is 12.0. The third-order valence-electron chi connectivity index (χ3n) is 6.53. The van der Waals surface area contributed by atoms with Crippen LogP contribution in [0.3, 0.4) is 0 Å². The van der Waals surface area contributed by atoms with Crippen molar-refractivity contribution >= 4 is 33.5 Å². The maximum Gasteiger partial charge on any atom is 0.335 e. The number of fused-ring (bicyclic) bond motifs is 2. The first-order valence-electron chi connectivity index (χ1n) is 12.0. The zero-order valence-electron chi connectivity index (χ0n) is 19.9. The fourth-order valence-electron chi connectivity index (χ4n) is 4.64. The molecule has 3 aromatic carbocycles. The molecule has 6 rings (SSSR count). The normalized spacial score (nSPS) is 15.1. The molecule has 0 unspecified atom stereocenters. The summed E-state index contributed by atoms with van der Waals surface area (Å²) in [5, 5.41) is 10.7. The zero-order valence-corrected chi connectivity index (χ0v) is 19.9. The van der Waals surface area contributed by atoms with Crippen molar-refractivity contribution in [1.82, 2.24) is 9.97 Å². The second kappa shape index (κ2) is 10.1. The van der Waals surface area contributed by atoms with E-state index in [1.165, 1.54) is 25.0 Å². The number of carbonyl (C=O) groups is 1. The predicted octanol–water partition coefficient (Wildman–Crippen LogP) is 6.96. The van der Waals surface area contributed by atoms with Gasteiger partial charge in [0.25, 0.3) is 0 Å². The predicted molar refractivity (Wildman–Crippen MR) is 142 cm³/mol. The fourth-order valence-corrected chi connectivity index (χ4v) is 4.64. The highest BCUT2D eigenvalue weighted by Crippen LogP contribution is 2.36. The molecule has 1 aliphatic heterocycles. The topological polar surface area (TPSA) is 66.3 Å². The van der Waals surface area contributed by atoms with Gasteiger partial charge in [0.1, 0.15) is 5.82 Å². The van der Waals surface area contributed by atoms with Crippen LogP contribution in [0.5, 0.6) is 0 Å². The number of nitrogens with zero attached hydrogens (tertiary/aromatic N) is 3. The second-order valence-electron chi connectivity index (χ2n) is 8.96. The SMILES string of the molecule is C[C@@H]1CCCN1c1cc2ccccc2nc1-c1ccc(F)cc1.O=C(O)c1ccc2ncccc2c1. The number of hydrogen-bond acceptors (Lipinski definition) is 4. The molecule has 0 saturated carbocycles. The van der Waals surface area contributed by atoms with Crippen LogP contribution in [0.1, 0.15) is 30.1 Å². The van der Waals surface area contributed by atoms with Crippen LogP contribution in [-0.4, -0.2) is 33.6 Å². The molecule has 1 saturated heterocycles. The lowest BCUT2D eigenvalue weighted by Crippen LogP contribution is -2.27. The van der Waals surface area contributed by atoms with E-state index in [1.54, 1.807) is 30.5 Å². The van der Waals surface area contributed by atoms with Gasteiger partial charge in [-0.05, 0) is 80.4 Å². The van der Waals surface area contributed by atoms with Crippen LogP contribution in [0, 0.1) is 5.82 Å². The highest BCUT2D eigenvalue weighted by molar-refractivity contribution is 5.93. The number of hydrogen-bond donors (Lipinski definition) is 1. The van der Waals surface area contributed by atoms with Gasteiger partial charge in [-0.25, -0.2) is 14.2 Å². The number of pyridine rings is 2. The Kier molecular flexibility index (Phi) is 6.58. The minimum Gasteiger partial charge on any atom is -0.478 e. The van der Waals surface area contributed by atoms with Crippen molar-refractivity contribution in [1.29, 1.82) is 0 Å². The van der Waals surface area contributed by atoms with Gasteiger partial charge in [-0.15, -0.1) is 0 Å². The van der Waals surface area contributed by atoms with Crippen LogP contribution in [0.2, 0.25) is 0 Å². The molecule has 0 radical (unpaired) electrons. The summed E-state index contributed by atoms with van der Waals surface area (Å²) in [7, 11) is 0. The summed E-state index contributed by atoms with van der Waals surface area (Å²) in [6.07, 6.45) is 4.09. The summed E-state index contributed by atoms with van der Waals surface area (Å²) >= 11 is 0. The van der Waals surface area contributed by atoms with E-state index in [4.69, 9.17) is 10.1 Å². The second-order valence-corrected chi connectivity index (χ2v) is 8.96. The van der Waals surface area contributed by atoms with E-state index in [1.807, 2.05) is 36.4 Å². The molecule has 0 bridgehead atoms. The molecule has 1 aliphatic rings. The summed E-state index contributed by atoms with van der Waals surface area (Å²) in [6.45, 7) is 3.31. The van der Waals surface area contributed by atoms with Crippen LogP contribution in [0.25, 0.3) is 33.1 Å². The molecule has 5 nitrogen and oxygen atoms in total. The lowest BCUT2D eigenvalue weighted by atomic mass is 10.1. The third kappa shape index (κ3) is 4.89. The smallest absolute Gasteiger partial charge is 0.335 e. The van der Waals surface area contributed by atoms with Gasteiger partial charge in [-0.1, -0.05) is 24.3 Å². The van der Waals surface area contributed by atoms with Crippen LogP contribution < -0.4 is 4.90 Å². The number of carboxylic acids is 1. The van der Waals surface area contributed by atoms with Gasteiger partial charge in [0.05, 0.1) is 28.0 Å². The largest absolute Gasteiger partial charge is 0.478 e. The molecule has 1 atom stereocenters. The van der Waals surface area contributed by atoms with Crippen molar-refractivity contribution in [3.8, 4) is 11.3 Å². The Balaban J connectivity index is 0.000000174. The van der Waals surface area contributed by atoms with Gasteiger partial charge >= 0.3 is 5.97 Å². The van der Waals surface area contributed by atoms with Gasteiger partial charge in [0.15, 0.2) is 0 Å². The van der Waals surface area contributed by atoms with Crippen molar-refractivity contribution in [2.75, 3.05) is 11.4 Å². The molecule has 3 heterocycles. The number of halogens is 1. The summed E-state index contributed by atoms with van der Waals surface area (Å²) in [5.74, 6) is -1.13. The van der Waals surface area contributed by atoms with Gasteiger partial charge < -0.3 is 10.0 Å². The first-order chi connectivity index (χ1) is 17.5. The van der Waals surface area contributed by atoms with E-state index in [-0.39, 0.29) is 5.82 Å². The summed E-state index contributed by atoms with van der Waals surface area (Å²) in [5.41, 5.74) is 5.14. The van der Waals surface area contributed by atoms with Crippen LogP contribution in [0.15, 0.2) is 91.1 Å². The molecule has 0 amide bonds. The average Bonchev–Trinajstić information content (AvgIpc) is 3.34. The lowest BCUT2D eigenvalue weighted by molar-refractivity contribution is 0.0697. The number of carboxylic acid groups (broad SMARTS) is 1. The molecular weight excluding hydrogens is 453 g/mol. The Labute approximate surface area is 208 Å². The van der Waals surface area contributed by atoms with Crippen molar-refractivity contribution in [3.05, 3.63) is 103 Å². The molecule has 2 aromatic heterocycles. The Morgan fingerprint density at radius 3 is 2.44 bits per heavy atom. The quantitative estimate of drug-likeness (QED) is 0.303. The molecule has 6 heteroatoms. The number of rotatable bonds is 3. The highest BCUT2D eigenvalue weighted by atomic mass is 19.1. The lowest BCUT2D eigenvalue weighted by Gasteiger charge is -2.26. The standard InChI is InChI=1S/C20H19FN2.C10H7NO2/c1-14-5-4-12-23(14)19-13-16-6-2-3-7-18(16)22-20(19)15-8-10-17(21)11-9-15;12-10(13)8-3-4-9-7(6-8)2-1-5-11-9/h2-3,6-11,13-14H,4-5,12H2,1H3;1-6H,(H,12,13)/t14-;/m1./s1. The maximum absolute atomic E-state index is 13.3. The van der Waals surface area contributed by atoms with E-state index >= 15 is 0 Å². The van der Waals surface area contributed by atoms with Crippen molar-refractivity contribution in [2.45, 2.75) is 25.8 Å². The van der Waals surface area contributed by atoms with Crippen LogP contribution in [0.4, 0.5) is 10.1 Å². The zero-order chi connectivity index (χ0) is 25.1. The Bertz CT molecular complexity index is 1540. The minimum absolute atomic E-state index is 0.217. The summed E-state index contributed by atoms with van der Waals surface area (Å²) < 4.78 is 13.3. The van der Waals surface area contributed by atoms with Crippen molar-refractivity contribution < 1.29 is 14.3 Å². The van der Waals surface area contributed by atoms with Crippen molar-refractivity contribution in [3.63, 3.8) is 0 Å². The number of para-hydroxylation sites is 1. The van der Waals surface area contributed by atoms with E-state index in [0.717, 1.165) is 45.3 Å². The monoisotopic (exact) mass is 479 g/mol. The van der Waals surface area contributed by atoms with E-state index in [2.05, 4.69) is 28.9 Å². The molecule has 0 spiro atoms. The molecular formula is C30H26FN3O2. The maximum atomic E-state index is 13.3. The minimum atomic E-state index is -0.911. The van der Waals surface area contributed by atoms with E-state index < -0.39 is 5.97 Å². The molecule has 180 valence electrons. The van der Waals surface area contributed by atoms with Crippen molar-refractivity contribution in [2.24, 2.45) is 0 Å². The van der Waals surface area contributed by atoms with Gasteiger partial charge in [0, 0.05) is 35.1 Å². The van der Waals surface area contributed by atoms with Crippen LogP contribution >= 0.6 is 0 Å². The molecule has 5 aromatic rings. The Morgan fingerprint density at radius 1 is 0.944 bits per heavy atom. The number of aromatic nitrogens is 2. The molecule has 1 N–H and O–H groups in total. The highest BCUT2D eigenvalue weighted by Gasteiger charge is 2.24. The Hall–Kier alpha value is -4.32. The number of anilines is 1. The van der Waals surface area contributed by atoms with Crippen LogP contribution in [-0.2, 0) is 0 Å². The molecule has 36 heavy (non-hydrogen) atoms. The van der Waals surface area contributed by atoms with E-state index in [0.29, 0.717) is 11.6 Å². The first kappa shape index (κ1) is 23.4. The van der Waals surface area contributed by atoms with Gasteiger partial charge in [-0.3, -0.25) is 4.98 Å². The van der Waals surface area contributed by atoms with E-state index in [9.17, 15) is 9.18 Å². The average molecular weight is 480 g/mol. The summed E-state index contributed by atoms with van der Waals surface area (Å²) in [6, 6.07) is 26.0. The Morgan fingerprint density at radius 2 is 1.69 bits per heavy atom. The third-order valence-corrected chi connectivity index (χ3v) is 6.53. The van der Waals surface area contributed by atoms with Gasteiger partial charge in [-0.2, -0.15) is 0 Å².